The Morgan fingerprint density at radius 1 is 1.21 bits per heavy atom. The molecule has 2 heteroatoms. The molecule has 0 aromatic heterocycles. The predicted octanol–water partition coefficient (Wildman–Crippen LogP) is 4.76. The van der Waals surface area contributed by atoms with Crippen LogP contribution in [0.1, 0.15) is 47.5 Å². The molecule has 0 spiro atoms. The molecule has 4 unspecified atom stereocenters. The minimum absolute atomic E-state index is 0.533. The van der Waals surface area contributed by atoms with Gasteiger partial charge in [-0.15, -0.1) is 0 Å². The van der Waals surface area contributed by atoms with Crippen LogP contribution in [0.15, 0.2) is 0 Å². The van der Waals surface area contributed by atoms with Crippen LogP contribution in [0.25, 0.3) is 0 Å². The summed E-state index contributed by atoms with van der Waals surface area (Å²) in [7, 11) is 0. The summed E-state index contributed by atoms with van der Waals surface area (Å²) in [5.74, 6) is 1.75. The van der Waals surface area contributed by atoms with E-state index in [1.165, 1.54) is 12.8 Å². The summed E-state index contributed by atoms with van der Waals surface area (Å²) in [6, 6.07) is 0. The van der Waals surface area contributed by atoms with Crippen molar-refractivity contribution in [1.29, 1.82) is 0 Å². The molecule has 0 nitrogen and oxygen atoms in total. The van der Waals surface area contributed by atoms with Crippen molar-refractivity contribution in [2.24, 2.45) is 11.8 Å². The van der Waals surface area contributed by atoms with Crippen LogP contribution in [-0.2, 0) is 0 Å². The maximum atomic E-state index is 2.77. The number of halogens is 1. The van der Waals surface area contributed by atoms with E-state index in [0.717, 1.165) is 22.3 Å². The minimum Gasteiger partial charge on any atom is -0.154 e. The maximum Gasteiger partial charge on any atom is 0.0402 e. The summed E-state index contributed by atoms with van der Waals surface area (Å²) in [6.45, 7) is 12.0. The fourth-order valence-corrected chi connectivity index (χ4v) is 6.72. The summed E-state index contributed by atoms with van der Waals surface area (Å²) in [6.07, 6.45) is 2.67. The summed E-state index contributed by atoms with van der Waals surface area (Å²) in [5.41, 5.74) is 0. The lowest BCUT2D eigenvalue weighted by Gasteiger charge is -2.38. The predicted molar refractivity (Wildman–Crippen MR) is 76.5 cm³/mol. The van der Waals surface area contributed by atoms with Gasteiger partial charge in [0.2, 0.25) is 0 Å². The van der Waals surface area contributed by atoms with E-state index in [2.05, 4.69) is 69.0 Å². The van der Waals surface area contributed by atoms with Crippen LogP contribution in [0.2, 0.25) is 0 Å². The van der Waals surface area contributed by atoms with Crippen molar-refractivity contribution in [3.05, 3.63) is 0 Å². The van der Waals surface area contributed by atoms with Gasteiger partial charge in [0.05, 0.1) is 0 Å². The quantitative estimate of drug-likeness (QED) is 0.532. The molecular formula is C12H23IS. The molecule has 1 fully saturated rings. The molecule has 1 heterocycles. The Bertz CT molecular complexity index is 191. The van der Waals surface area contributed by atoms with E-state index in [0.29, 0.717) is 3.42 Å². The van der Waals surface area contributed by atoms with Gasteiger partial charge in [0.15, 0.2) is 0 Å². The highest BCUT2D eigenvalue weighted by Crippen LogP contribution is 2.56. The summed E-state index contributed by atoms with van der Waals surface area (Å²) < 4.78 is 0.533. The lowest BCUT2D eigenvalue weighted by molar-refractivity contribution is 0.299. The molecule has 0 N–H and O–H groups in total. The molecule has 14 heavy (non-hydrogen) atoms. The van der Waals surface area contributed by atoms with Gasteiger partial charge in [-0.1, -0.05) is 70.1 Å². The Morgan fingerprint density at radius 3 is 2.00 bits per heavy atom. The molecule has 1 saturated heterocycles. The van der Waals surface area contributed by atoms with Crippen LogP contribution >= 0.6 is 34.4 Å². The lowest BCUT2D eigenvalue weighted by atomic mass is 9.77. The van der Waals surface area contributed by atoms with Gasteiger partial charge in [-0.25, -0.2) is 0 Å². The van der Waals surface area contributed by atoms with Crippen LogP contribution in [-0.4, -0.2) is 13.9 Å². The smallest absolute Gasteiger partial charge is 0.0402 e. The Labute approximate surface area is 107 Å². The van der Waals surface area contributed by atoms with E-state index in [4.69, 9.17) is 0 Å². The molecular weight excluding hydrogens is 303 g/mol. The fourth-order valence-electron chi connectivity index (χ4n) is 2.89. The van der Waals surface area contributed by atoms with Crippen molar-refractivity contribution in [2.75, 3.05) is 0 Å². The monoisotopic (exact) mass is 326 g/mol. The van der Waals surface area contributed by atoms with E-state index in [9.17, 15) is 0 Å². The topological polar surface area (TPSA) is 0 Å². The van der Waals surface area contributed by atoms with Gasteiger partial charge >= 0.3 is 0 Å². The normalized spacial score (nSPS) is 43.5. The zero-order chi connectivity index (χ0) is 10.9. The van der Waals surface area contributed by atoms with Crippen molar-refractivity contribution >= 4 is 34.4 Å². The largest absolute Gasteiger partial charge is 0.154 e. The second-order valence-electron chi connectivity index (χ2n) is 4.61. The van der Waals surface area contributed by atoms with Crippen LogP contribution in [0.5, 0.6) is 0 Å². The summed E-state index contributed by atoms with van der Waals surface area (Å²) in [5, 5.41) is 1.65. The Morgan fingerprint density at radius 2 is 1.71 bits per heavy atom. The van der Waals surface area contributed by atoms with E-state index >= 15 is 0 Å². The van der Waals surface area contributed by atoms with E-state index in [-0.39, 0.29) is 0 Å². The highest BCUT2D eigenvalue weighted by Gasteiger charge is 2.51. The standard InChI is InChI=1S/C12H23IS/c1-6-11(7-2)12(13)8(3)9(4)14-10(12)5/h8-11H,6-7H2,1-5H3. The molecule has 0 aromatic rings. The molecule has 1 aliphatic heterocycles. The van der Waals surface area contributed by atoms with Gasteiger partial charge in [0.25, 0.3) is 0 Å². The number of rotatable bonds is 3. The van der Waals surface area contributed by atoms with E-state index < -0.39 is 0 Å². The van der Waals surface area contributed by atoms with Gasteiger partial charge in [0, 0.05) is 13.9 Å². The first-order valence-electron chi connectivity index (χ1n) is 5.82. The number of alkyl halides is 1. The molecule has 1 aliphatic rings. The van der Waals surface area contributed by atoms with Gasteiger partial charge in [-0.2, -0.15) is 11.8 Å². The zero-order valence-electron chi connectivity index (χ0n) is 10.0. The van der Waals surface area contributed by atoms with Gasteiger partial charge < -0.3 is 0 Å². The van der Waals surface area contributed by atoms with Gasteiger partial charge in [-0.05, 0) is 11.8 Å². The molecule has 0 saturated carbocycles. The third-order valence-electron chi connectivity index (χ3n) is 4.06. The SMILES string of the molecule is CCC(CC)C1(I)C(C)SC(C)C1C. The second-order valence-corrected chi connectivity index (χ2v) is 8.20. The second kappa shape index (κ2) is 4.94. The molecule has 84 valence electrons. The first-order chi connectivity index (χ1) is 6.48. The highest BCUT2D eigenvalue weighted by atomic mass is 127. The molecule has 0 bridgehead atoms. The zero-order valence-corrected chi connectivity index (χ0v) is 13.0. The summed E-state index contributed by atoms with van der Waals surface area (Å²) >= 11 is 4.96. The Hall–Kier alpha value is 1.08. The minimum atomic E-state index is 0.533. The average molecular weight is 326 g/mol. The van der Waals surface area contributed by atoms with Crippen LogP contribution in [0, 0.1) is 11.8 Å². The summed E-state index contributed by atoms with van der Waals surface area (Å²) in [4.78, 5) is 0. The van der Waals surface area contributed by atoms with Crippen LogP contribution in [0.4, 0.5) is 0 Å². The maximum absolute atomic E-state index is 2.77. The third kappa shape index (κ3) is 1.98. The van der Waals surface area contributed by atoms with Crippen molar-refractivity contribution in [3.63, 3.8) is 0 Å². The molecule has 0 aliphatic carbocycles. The van der Waals surface area contributed by atoms with E-state index in [1.54, 1.807) is 0 Å². The van der Waals surface area contributed by atoms with Crippen molar-refractivity contribution in [3.8, 4) is 0 Å². The van der Waals surface area contributed by atoms with E-state index in [1.807, 2.05) is 0 Å². The average Bonchev–Trinajstić information content (AvgIpc) is 2.34. The fraction of sp³-hybridized carbons (Fsp3) is 1.00. The Balaban J connectivity index is 2.90. The van der Waals surface area contributed by atoms with Crippen molar-refractivity contribution in [2.45, 2.75) is 61.4 Å². The Kier molecular flexibility index (Phi) is 4.64. The lowest BCUT2D eigenvalue weighted by Crippen LogP contribution is -2.42. The van der Waals surface area contributed by atoms with Crippen molar-refractivity contribution < 1.29 is 0 Å². The van der Waals surface area contributed by atoms with Crippen LogP contribution < -0.4 is 0 Å². The highest BCUT2D eigenvalue weighted by molar-refractivity contribution is 14.1. The third-order valence-corrected chi connectivity index (χ3v) is 8.91. The molecule has 0 aromatic carbocycles. The number of hydrogen-bond acceptors (Lipinski definition) is 1. The molecule has 0 radical (unpaired) electrons. The van der Waals surface area contributed by atoms with Crippen LogP contribution in [0.3, 0.4) is 0 Å². The van der Waals surface area contributed by atoms with Gasteiger partial charge in [-0.3, -0.25) is 0 Å². The molecule has 4 atom stereocenters. The number of thioether (sulfide) groups is 1. The van der Waals surface area contributed by atoms with Crippen molar-refractivity contribution in [1.82, 2.24) is 0 Å². The first-order valence-corrected chi connectivity index (χ1v) is 7.84. The number of hydrogen-bond donors (Lipinski definition) is 0. The first kappa shape index (κ1) is 13.1. The molecule has 1 rings (SSSR count). The van der Waals surface area contributed by atoms with Gasteiger partial charge in [0.1, 0.15) is 0 Å². The molecule has 0 amide bonds.